The molecule has 1 saturated heterocycles. The highest BCUT2D eigenvalue weighted by Crippen LogP contribution is 2.45. The largest absolute Gasteiger partial charge is 0.507 e. The molecule has 0 radical (unpaired) electrons. The summed E-state index contributed by atoms with van der Waals surface area (Å²) >= 11 is 2.69. The summed E-state index contributed by atoms with van der Waals surface area (Å²) in [6.07, 6.45) is 3.54. The number of hydrogen-bond acceptors (Lipinski definition) is 10. The first-order chi connectivity index (χ1) is 21.9. The molecule has 1 atom stereocenters. The van der Waals surface area contributed by atoms with Crippen molar-refractivity contribution in [2.45, 2.75) is 35.9 Å². The highest BCUT2D eigenvalue weighted by Gasteiger charge is 2.48. The van der Waals surface area contributed by atoms with Crippen LogP contribution in [0.4, 0.5) is 5.13 Å². The van der Waals surface area contributed by atoms with Crippen LogP contribution in [-0.4, -0.2) is 47.3 Å². The van der Waals surface area contributed by atoms with Gasteiger partial charge in [-0.25, -0.2) is 0 Å². The first-order valence-electron chi connectivity index (χ1n) is 14.4. The summed E-state index contributed by atoms with van der Waals surface area (Å²) in [6, 6.07) is 20.8. The fourth-order valence-corrected chi connectivity index (χ4v) is 6.57. The molecule has 1 fully saturated rings. The van der Waals surface area contributed by atoms with Gasteiger partial charge in [-0.1, -0.05) is 85.5 Å². The number of thioether (sulfide) groups is 1. The molecule has 1 N–H and O–H groups in total. The number of benzene rings is 3. The van der Waals surface area contributed by atoms with Crippen molar-refractivity contribution in [2.75, 3.05) is 25.2 Å². The molecular weight excluding hydrogens is 611 g/mol. The molecule has 4 aromatic rings. The van der Waals surface area contributed by atoms with Crippen LogP contribution in [0.25, 0.3) is 5.76 Å². The molecule has 2 heterocycles. The van der Waals surface area contributed by atoms with E-state index in [0.717, 1.165) is 18.4 Å². The molecule has 0 saturated carbocycles. The molecule has 1 aromatic heterocycles. The Morgan fingerprint density at radius 2 is 1.82 bits per heavy atom. The maximum atomic E-state index is 13.7. The number of nitrogens with zero attached hydrogens (tertiary/aromatic N) is 3. The summed E-state index contributed by atoms with van der Waals surface area (Å²) in [5.74, 6) is 0.209. The summed E-state index contributed by atoms with van der Waals surface area (Å²) in [5, 5.41) is 20.4. The average Bonchev–Trinajstić information content (AvgIpc) is 3.64. The Labute approximate surface area is 270 Å². The molecule has 5 rings (SSSR count). The van der Waals surface area contributed by atoms with Gasteiger partial charge in [-0.3, -0.25) is 14.5 Å². The third-order valence-corrected chi connectivity index (χ3v) is 9.13. The Balaban J connectivity index is 1.54. The Kier molecular flexibility index (Phi) is 10.5. The van der Waals surface area contributed by atoms with Gasteiger partial charge < -0.3 is 19.3 Å². The SMILES string of the molecule is C=CCOc1ccc(C2/C(=C(\O)c3ccc(OCCCC)cc3)C(=O)C(=O)N2c2nnc(SCc3ccccc3)s2)cc1OC. The number of ketones is 1. The lowest BCUT2D eigenvalue weighted by Gasteiger charge is -2.23. The van der Waals surface area contributed by atoms with Crippen LogP contribution >= 0.6 is 23.1 Å². The van der Waals surface area contributed by atoms with Gasteiger partial charge in [0.25, 0.3) is 5.78 Å². The van der Waals surface area contributed by atoms with E-state index in [-0.39, 0.29) is 23.1 Å². The van der Waals surface area contributed by atoms with E-state index < -0.39 is 17.7 Å². The second-order valence-corrected chi connectivity index (χ2v) is 12.2. The monoisotopic (exact) mass is 643 g/mol. The fourth-order valence-electron chi connectivity index (χ4n) is 4.74. The summed E-state index contributed by atoms with van der Waals surface area (Å²) in [6.45, 7) is 6.61. The van der Waals surface area contributed by atoms with Crippen molar-refractivity contribution in [1.82, 2.24) is 10.2 Å². The minimum Gasteiger partial charge on any atom is -0.507 e. The third-order valence-electron chi connectivity index (χ3n) is 7.01. The number of rotatable bonds is 14. The summed E-state index contributed by atoms with van der Waals surface area (Å²) < 4.78 is 17.7. The van der Waals surface area contributed by atoms with Crippen molar-refractivity contribution >= 4 is 45.7 Å². The predicted molar refractivity (Wildman–Crippen MR) is 176 cm³/mol. The summed E-state index contributed by atoms with van der Waals surface area (Å²) in [5.41, 5.74) is 1.93. The molecule has 45 heavy (non-hydrogen) atoms. The zero-order chi connectivity index (χ0) is 31.8. The van der Waals surface area contributed by atoms with Crippen LogP contribution in [0.2, 0.25) is 0 Å². The highest BCUT2D eigenvalue weighted by atomic mass is 32.2. The second kappa shape index (κ2) is 14.9. The van der Waals surface area contributed by atoms with Crippen molar-refractivity contribution in [2.24, 2.45) is 0 Å². The Morgan fingerprint density at radius 1 is 1.04 bits per heavy atom. The van der Waals surface area contributed by atoms with Crippen LogP contribution in [-0.2, 0) is 15.3 Å². The number of Topliss-reactive ketones (excluding diaryl/α,β-unsaturated/α-hetero) is 1. The molecule has 0 bridgehead atoms. The standard InChI is InChI=1S/C34H33N3O6S2/c1-4-6-19-42-25-15-12-23(13-16-25)30(38)28-29(24-14-17-26(43-18-5-2)27(20-24)41-3)37(32(40)31(28)39)33-35-36-34(45-33)44-21-22-10-8-7-9-11-22/h5,7-17,20,29,38H,2,4,6,18-19,21H2,1,3H3/b30-28+. The molecule has 9 nitrogen and oxygen atoms in total. The van der Waals surface area contributed by atoms with E-state index >= 15 is 0 Å². The van der Waals surface area contributed by atoms with E-state index in [1.54, 1.807) is 48.5 Å². The van der Waals surface area contributed by atoms with E-state index in [2.05, 4.69) is 23.7 Å². The van der Waals surface area contributed by atoms with E-state index in [4.69, 9.17) is 14.2 Å². The molecule has 3 aromatic carbocycles. The minimum absolute atomic E-state index is 0.0739. The number of unbranched alkanes of at least 4 members (excludes halogenated alkanes) is 1. The molecule has 232 valence electrons. The van der Waals surface area contributed by atoms with E-state index in [1.807, 2.05) is 30.3 Å². The van der Waals surface area contributed by atoms with Gasteiger partial charge in [0.05, 0.1) is 25.3 Å². The first-order valence-corrected chi connectivity index (χ1v) is 16.2. The topological polar surface area (TPSA) is 111 Å². The normalized spacial score (nSPS) is 15.7. The van der Waals surface area contributed by atoms with Crippen molar-refractivity contribution in [3.05, 3.63) is 108 Å². The Bertz CT molecular complexity index is 1690. The van der Waals surface area contributed by atoms with Crippen molar-refractivity contribution in [1.29, 1.82) is 0 Å². The van der Waals surface area contributed by atoms with Crippen LogP contribution in [0, 0.1) is 0 Å². The van der Waals surface area contributed by atoms with E-state index in [9.17, 15) is 14.7 Å². The van der Waals surface area contributed by atoms with Gasteiger partial charge >= 0.3 is 5.91 Å². The fraction of sp³-hybridized carbons (Fsp3) is 0.235. The van der Waals surface area contributed by atoms with Crippen LogP contribution in [0.1, 0.15) is 42.5 Å². The van der Waals surface area contributed by atoms with Gasteiger partial charge in [-0.15, -0.1) is 10.2 Å². The van der Waals surface area contributed by atoms with Gasteiger partial charge in [-0.2, -0.15) is 0 Å². The van der Waals surface area contributed by atoms with Gasteiger partial charge in [0.2, 0.25) is 5.13 Å². The number of amides is 1. The van der Waals surface area contributed by atoms with E-state index in [0.29, 0.717) is 45.1 Å². The van der Waals surface area contributed by atoms with Crippen molar-refractivity contribution in [3.8, 4) is 17.2 Å². The Morgan fingerprint density at radius 3 is 2.53 bits per heavy atom. The maximum Gasteiger partial charge on any atom is 0.301 e. The highest BCUT2D eigenvalue weighted by molar-refractivity contribution is 8.00. The molecule has 0 spiro atoms. The average molecular weight is 644 g/mol. The summed E-state index contributed by atoms with van der Waals surface area (Å²) in [7, 11) is 1.50. The van der Waals surface area contributed by atoms with Crippen LogP contribution in [0.15, 0.2) is 95.4 Å². The van der Waals surface area contributed by atoms with Crippen molar-refractivity contribution in [3.63, 3.8) is 0 Å². The zero-order valence-corrected chi connectivity index (χ0v) is 26.6. The molecular formula is C34H33N3O6S2. The van der Waals surface area contributed by atoms with Crippen LogP contribution in [0.3, 0.4) is 0 Å². The number of hydrogen-bond donors (Lipinski definition) is 1. The number of anilines is 1. The molecule has 0 aliphatic carbocycles. The van der Waals surface area contributed by atoms with Gasteiger partial charge in [0.15, 0.2) is 15.8 Å². The quantitative estimate of drug-likeness (QED) is 0.0290. The van der Waals surface area contributed by atoms with Crippen LogP contribution in [0.5, 0.6) is 17.2 Å². The zero-order valence-electron chi connectivity index (χ0n) is 25.0. The number of aliphatic hydroxyl groups is 1. The number of methoxy groups -OCH3 is 1. The maximum absolute atomic E-state index is 13.7. The number of carbonyl (C=O) groups excluding carboxylic acids is 2. The van der Waals surface area contributed by atoms with Gasteiger partial charge in [0.1, 0.15) is 18.1 Å². The van der Waals surface area contributed by atoms with E-state index in [1.165, 1.54) is 35.1 Å². The van der Waals surface area contributed by atoms with Gasteiger partial charge in [0, 0.05) is 11.3 Å². The first kappa shape index (κ1) is 31.8. The smallest absolute Gasteiger partial charge is 0.301 e. The number of aromatic nitrogens is 2. The molecule has 1 aliphatic heterocycles. The van der Waals surface area contributed by atoms with Crippen LogP contribution < -0.4 is 19.1 Å². The third kappa shape index (κ3) is 7.21. The molecule has 1 unspecified atom stereocenters. The van der Waals surface area contributed by atoms with Gasteiger partial charge in [-0.05, 0) is 53.9 Å². The lowest BCUT2D eigenvalue weighted by molar-refractivity contribution is -0.132. The number of ether oxygens (including phenoxy) is 3. The molecule has 1 amide bonds. The molecule has 11 heteroatoms. The number of carbonyl (C=O) groups is 2. The lowest BCUT2D eigenvalue weighted by atomic mass is 9.95. The summed E-state index contributed by atoms with van der Waals surface area (Å²) in [4.78, 5) is 28.6. The lowest BCUT2D eigenvalue weighted by Crippen LogP contribution is -2.29. The Hall–Kier alpha value is -4.61. The number of aliphatic hydroxyl groups excluding tert-OH is 1. The molecule has 1 aliphatic rings. The van der Waals surface area contributed by atoms with Crippen molar-refractivity contribution < 1.29 is 28.9 Å². The predicted octanol–water partition coefficient (Wildman–Crippen LogP) is 7.21. The second-order valence-electron chi connectivity index (χ2n) is 10.0. The minimum atomic E-state index is -1.01.